The van der Waals surface area contributed by atoms with Crippen molar-refractivity contribution in [3.63, 3.8) is 0 Å². The molecule has 0 spiro atoms. The van der Waals surface area contributed by atoms with Crippen LogP contribution in [0.25, 0.3) is 0 Å². The minimum Gasteiger partial charge on any atom is -0.489 e. The highest BCUT2D eigenvalue weighted by Crippen LogP contribution is 2.26. The summed E-state index contributed by atoms with van der Waals surface area (Å²) in [5.74, 6) is 1.22. The third-order valence-electron chi connectivity index (χ3n) is 2.57. The molecule has 0 radical (unpaired) electrons. The molecule has 0 atom stereocenters. The highest BCUT2D eigenvalue weighted by atomic mass is 79.9. The highest BCUT2D eigenvalue weighted by Gasteiger charge is 2.04. The minimum atomic E-state index is 0.426. The fourth-order valence-corrected chi connectivity index (χ4v) is 3.04. The van der Waals surface area contributed by atoms with E-state index in [1.807, 2.05) is 36.4 Å². The van der Waals surface area contributed by atoms with Crippen molar-refractivity contribution >= 4 is 55.1 Å². The maximum absolute atomic E-state index is 6.14. The normalized spacial score (nSPS) is 10.5. The summed E-state index contributed by atoms with van der Waals surface area (Å²) in [6.07, 6.45) is 0. The van der Waals surface area contributed by atoms with Gasteiger partial charge in [-0.3, -0.25) is 0 Å². The molecule has 0 amide bonds. The van der Waals surface area contributed by atoms with E-state index in [0.717, 1.165) is 25.8 Å². The smallest absolute Gasteiger partial charge is 0.120 e. The van der Waals surface area contributed by atoms with Gasteiger partial charge in [-0.2, -0.15) is 0 Å². The van der Waals surface area contributed by atoms with Gasteiger partial charge in [-0.1, -0.05) is 49.5 Å². The Balaban J connectivity index is 2.10. The van der Waals surface area contributed by atoms with E-state index >= 15 is 0 Å². The molecule has 0 unspecified atom stereocenters. The lowest BCUT2D eigenvalue weighted by Gasteiger charge is -2.10. The Hall–Kier alpha value is -0.220. The molecule has 100 valence electrons. The summed E-state index contributed by atoms with van der Waals surface area (Å²) >= 11 is 18.8. The largest absolute Gasteiger partial charge is 0.489 e. The van der Waals surface area contributed by atoms with Gasteiger partial charge in [-0.15, -0.1) is 11.6 Å². The third kappa shape index (κ3) is 4.12. The Labute approximate surface area is 139 Å². The second-order valence-electron chi connectivity index (χ2n) is 3.91. The van der Waals surface area contributed by atoms with Gasteiger partial charge in [-0.05, 0) is 35.9 Å². The average Bonchev–Trinajstić information content (AvgIpc) is 2.39. The van der Waals surface area contributed by atoms with Crippen LogP contribution >= 0.6 is 55.1 Å². The van der Waals surface area contributed by atoms with Crippen molar-refractivity contribution in [1.29, 1.82) is 0 Å². The van der Waals surface area contributed by atoms with Crippen LogP contribution in [0.1, 0.15) is 11.1 Å². The van der Waals surface area contributed by atoms with Crippen LogP contribution in [0.2, 0.25) is 5.02 Å². The molecule has 0 N–H and O–H groups in total. The number of rotatable bonds is 4. The lowest BCUT2D eigenvalue weighted by atomic mass is 10.2. The fraction of sp³-hybridized carbons (Fsp3) is 0.143. The summed E-state index contributed by atoms with van der Waals surface area (Å²) in [6.45, 7) is 0.426. The first kappa shape index (κ1) is 15.2. The quantitative estimate of drug-likeness (QED) is 0.532. The Morgan fingerprint density at radius 3 is 2.47 bits per heavy atom. The zero-order valence-corrected chi connectivity index (χ0v) is 14.5. The Bertz CT molecular complexity index is 588. The van der Waals surface area contributed by atoms with E-state index in [1.165, 1.54) is 0 Å². The molecule has 1 nitrogen and oxygen atoms in total. The van der Waals surface area contributed by atoms with Crippen molar-refractivity contribution in [2.45, 2.75) is 12.5 Å². The lowest BCUT2D eigenvalue weighted by Crippen LogP contribution is -1.97. The van der Waals surface area contributed by atoms with Crippen LogP contribution in [-0.4, -0.2) is 0 Å². The van der Waals surface area contributed by atoms with Gasteiger partial charge in [0.15, 0.2) is 0 Å². The van der Waals surface area contributed by atoms with E-state index < -0.39 is 0 Å². The first-order valence-electron chi connectivity index (χ1n) is 5.51. The zero-order valence-electron chi connectivity index (χ0n) is 9.80. The molecule has 2 aromatic carbocycles. The molecule has 2 aromatic rings. The molecular weight excluding hydrogens is 415 g/mol. The molecule has 0 aromatic heterocycles. The number of hydrogen-bond acceptors (Lipinski definition) is 1. The molecule has 0 bridgehead atoms. The first-order chi connectivity index (χ1) is 9.10. The van der Waals surface area contributed by atoms with E-state index in [9.17, 15) is 0 Å². The van der Waals surface area contributed by atoms with Crippen LogP contribution in [-0.2, 0) is 12.5 Å². The summed E-state index contributed by atoms with van der Waals surface area (Å²) < 4.78 is 7.67. The van der Waals surface area contributed by atoms with Gasteiger partial charge < -0.3 is 4.74 Å². The van der Waals surface area contributed by atoms with Crippen LogP contribution in [0, 0.1) is 0 Å². The van der Waals surface area contributed by atoms with Gasteiger partial charge in [0.25, 0.3) is 0 Å². The van der Waals surface area contributed by atoms with Crippen molar-refractivity contribution in [2.24, 2.45) is 0 Å². The zero-order chi connectivity index (χ0) is 13.8. The van der Waals surface area contributed by atoms with Crippen molar-refractivity contribution in [1.82, 2.24) is 0 Å². The van der Waals surface area contributed by atoms with Crippen molar-refractivity contribution in [3.8, 4) is 5.75 Å². The van der Waals surface area contributed by atoms with Gasteiger partial charge in [0.1, 0.15) is 12.4 Å². The van der Waals surface area contributed by atoms with Crippen LogP contribution in [0.3, 0.4) is 0 Å². The van der Waals surface area contributed by atoms with Crippen LogP contribution in [0.15, 0.2) is 45.3 Å². The molecule has 0 heterocycles. The van der Waals surface area contributed by atoms with Gasteiger partial charge in [0, 0.05) is 25.4 Å². The van der Waals surface area contributed by atoms with E-state index in [2.05, 4.69) is 31.9 Å². The molecule has 5 heteroatoms. The SMILES string of the molecule is ClCc1cc(OCc2ccc(Br)cc2Cl)ccc1Br. The van der Waals surface area contributed by atoms with E-state index in [1.54, 1.807) is 0 Å². The van der Waals surface area contributed by atoms with Gasteiger partial charge in [0.05, 0.1) is 0 Å². The topological polar surface area (TPSA) is 9.23 Å². The molecular formula is C14H10Br2Cl2O. The summed E-state index contributed by atoms with van der Waals surface area (Å²) in [4.78, 5) is 0. The Kier molecular flexibility index (Phi) is 5.58. The van der Waals surface area contributed by atoms with E-state index in [4.69, 9.17) is 27.9 Å². The molecule has 2 rings (SSSR count). The fourth-order valence-electron chi connectivity index (χ4n) is 1.54. The minimum absolute atomic E-state index is 0.426. The molecule has 0 aliphatic rings. The average molecular weight is 425 g/mol. The molecule has 19 heavy (non-hydrogen) atoms. The number of ether oxygens (including phenoxy) is 1. The monoisotopic (exact) mass is 422 g/mol. The number of alkyl halides is 1. The molecule has 0 aliphatic heterocycles. The lowest BCUT2D eigenvalue weighted by molar-refractivity contribution is 0.306. The van der Waals surface area contributed by atoms with Gasteiger partial charge >= 0.3 is 0 Å². The van der Waals surface area contributed by atoms with Gasteiger partial charge in [0.2, 0.25) is 0 Å². The summed E-state index contributed by atoms with van der Waals surface area (Å²) in [5, 5.41) is 0.684. The number of benzene rings is 2. The van der Waals surface area contributed by atoms with Crippen molar-refractivity contribution in [3.05, 3.63) is 61.5 Å². The number of halogens is 4. The second-order valence-corrected chi connectivity index (χ2v) is 6.36. The van der Waals surface area contributed by atoms with E-state index in [-0.39, 0.29) is 0 Å². The number of hydrogen-bond donors (Lipinski definition) is 0. The summed E-state index contributed by atoms with van der Waals surface area (Å²) in [6, 6.07) is 11.5. The molecule has 0 aliphatic carbocycles. The van der Waals surface area contributed by atoms with Crippen LogP contribution in [0.5, 0.6) is 5.75 Å². The van der Waals surface area contributed by atoms with Gasteiger partial charge in [-0.25, -0.2) is 0 Å². The molecule has 0 saturated heterocycles. The first-order valence-corrected chi connectivity index (χ1v) is 8.01. The van der Waals surface area contributed by atoms with Crippen molar-refractivity contribution in [2.75, 3.05) is 0 Å². The predicted molar refractivity (Wildman–Crippen MR) is 87.2 cm³/mol. The van der Waals surface area contributed by atoms with Crippen LogP contribution < -0.4 is 4.74 Å². The third-order valence-corrected chi connectivity index (χ3v) is 4.48. The Morgan fingerprint density at radius 2 is 1.79 bits per heavy atom. The molecule has 0 saturated carbocycles. The van der Waals surface area contributed by atoms with Crippen molar-refractivity contribution < 1.29 is 4.74 Å². The molecule has 0 fully saturated rings. The second kappa shape index (κ2) is 6.98. The highest BCUT2D eigenvalue weighted by molar-refractivity contribution is 9.10. The predicted octanol–water partition coefficient (Wildman–Crippen LogP) is 6.18. The van der Waals surface area contributed by atoms with E-state index in [0.29, 0.717) is 17.5 Å². The maximum Gasteiger partial charge on any atom is 0.120 e. The van der Waals surface area contributed by atoms with Crippen LogP contribution in [0.4, 0.5) is 0 Å². The summed E-state index contributed by atoms with van der Waals surface area (Å²) in [7, 11) is 0. The Morgan fingerprint density at radius 1 is 1.00 bits per heavy atom. The summed E-state index contributed by atoms with van der Waals surface area (Å²) in [5.41, 5.74) is 1.95. The standard InChI is InChI=1S/C14H10Br2Cl2O/c15-11-2-1-9(14(18)6-11)8-19-12-3-4-13(16)10(5-12)7-17/h1-6H,7-8H2. The maximum atomic E-state index is 6.14.